The van der Waals surface area contributed by atoms with Gasteiger partial charge < -0.3 is 10.2 Å². The first kappa shape index (κ1) is 24.2. The standard InChI is InChI=1S/C27H26N4O3S/c1-18-8-10-19(11-9-18)16-31-26(34)22-6-4-5-7-23(22)29-27(31)35-17-24(32)28-21-14-12-20(13-15-21)25(33)30(2)3/h4-15H,16-17H2,1-3H3,(H,28,32). The second-order valence-electron chi connectivity index (χ2n) is 8.40. The van der Waals surface area contributed by atoms with Crippen LogP contribution in [0.1, 0.15) is 21.5 Å². The van der Waals surface area contributed by atoms with Crippen LogP contribution in [0.25, 0.3) is 10.9 Å². The number of carbonyl (C=O) groups is 2. The van der Waals surface area contributed by atoms with Gasteiger partial charge in [0.15, 0.2) is 5.16 Å². The zero-order valence-electron chi connectivity index (χ0n) is 19.8. The topological polar surface area (TPSA) is 84.3 Å². The van der Waals surface area contributed by atoms with Gasteiger partial charge in [-0.3, -0.25) is 19.0 Å². The molecule has 1 aromatic heterocycles. The molecule has 0 unspecified atom stereocenters. The van der Waals surface area contributed by atoms with Crippen molar-refractivity contribution >= 4 is 40.2 Å². The third-order valence-electron chi connectivity index (χ3n) is 5.44. The van der Waals surface area contributed by atoms with E-state index in [1.807, 2.05) is 43.3 Å². The van der Waals surface area contributed by atoms with Crippen LogP contribution in [0.3, 0.4) is 0 Å². The first-order chi connectivity index (χ1) is 16.8. The summed E-state index contributed by atoms with van der Waals surface area (Å²) in [6.07, 6.45) is 0. The van der Waals surface area contributed by atoms with Crippen LogP contribution < -0.4 is 10.9 Å². The first-order valence-electron chi connectivity index (χ1n) is 11.1. The Labute approximate surface area is 207 Å². The second-order valence-corrected chi connectivity index (χ2v) is 9.34. The summed E-state index contributed by atoms with van der Waals surface area (Å²) in [6, 6.07) is 22.0. The van der Waals surface area contributed by atoms with Crippen molar-refractivity contribution in [3.05, 3.63) is 99.8 Å². The fraction of sp³-hybridized carbons (Fsp3) is 0.185. The summed E-state index contributed by atoms with van der Waals surface area (Å²) in [5.74, 6) is -0.254. The molecule has 7 nitrogen and oxygen atoms in total. The van der Waals surface area contributed by atoms with Crippen LogP contribution in [0.2, 0.25) is 0 Å². The SMILES string of the molecule is Cc1ccc(Cn2c(SCC(=O)Nc3ccc(C(=O)N(C)C)cc3)nc3ccccc3c2=O)cc1. The third kappa shape index (κ3) is 5.78. The zero-order valence-corrected chi connectivity index (χ0v) is 20.6. The van der Waals surface area contributed by atoms with Gasteiger partial charge in [-0.2, -0.15) is 0 Å². The average molecular weight is 487 g/mol. The van der Waals surface area contributed by atoms with Crippen molar-refractivity contribution in [2.24, 2.45) is 0 Å². The van der Waals surface area contributed by atoms with Gasteiger partial charge in [-0.25, -0.2) is 4.98 Å². The number of aryl methyl sites for hydroxylation is 1. The summed E-state index contributed by atoms with van der Waals surface area (Å²) < 4.78 is 1.62. The van der Waals surface area contributed by atoms with Crippen molar-refractivity contribution in [3.63, 3.8) is 0 Å². The number of carbonyl (C=O) groups excluding carboxylic acids is 2. The lowest BCUT2D eigenvalue weighted by Crippen LogP contribution is -2.25. The maximum absolute atomic E-state index is 13.3. The summed E-state index contributed by atoms with van der Waals surface area (Å²) >= 11 is 1.22. The molecule has 8 heteroatoms. The molecule has 35 heavy (non-hydrogen) atoms. The van der Waals surface area contributed by atoms with Crippen LogP contribution in [0.15, 0.2) is 82.7 Å². The number of rotatable bonds is 7. The molecule has 178 valence electrons. The number of aromatic nitrogens is 2. The quantitative estimate of drug-likeness (QED) is 0.313. The predicted octanol–water partition coefficient (Wildman–Crippen LogP) is 4.19. The lowest BCUT2D eigenvalue weighted by Gasteiger charge is -2.14. The summed E-state index contributed by atoms with van der Waals surface area (Å²) in [4.78, 5) is 44.1. The molecule has 0 atom stereocenters. The van der Waals surface area contributed by atoms with E-state index in [0.717, 1.165) is 11.1 Å². The zero-order chi connectivity index (χ0) is 24.9. The van der Waals surface area contributed by atoms with Gasteiger partial charge in [0.25, 0.3) is 11.5 Å². The van der Waals surface area contributed by atoms with Gasteiger partial charge in [0, 0.05) is 25.3 Å². The molecule has 1 N–H and O–H groups in total. The highest BCUT2D eigenvalue weighted by Gasteiger charge is 2.14. The van der Waals surface area contributed by atoms with Gasteiger partial charge in [0.05, 0.1) is 23.2 Å². The van der Waals surface area contributed by atoms with Crippen molar-refractivity contribution in [2.75, 3.05) is 25.2 Å². The van der Waals surface area contributed by atoms with Gasteiger partial charge in [0.1, 0.15) is 0 Å². The average Bonchev–Trinajstić information content (AvgIpc) is 2.86. The van der Waals surface area contributed by atoms with Crippen LogP contribution in [-0.4, -0.2) is 46.1 Å². The molecule has 4 rings (SSSR count). The molecule has 0 bridgehead atoms. The minimum Gasteiger partial charge on any atom is -0.345 e. The summed E-state index contributed by atoms with van der Waals surface area (Å²) in [7, 11) is 3.38. The Morgan fingerprint density at radius 2 is 1.66 bits per heavy atom. The Morgan fingerprint density at radius 3 is 2.34 bits per heavy atom. The highest BCUT2D eigenvalue weighted by atomic mass is 32.2. The maximum atomic E-state index is 13.3. The van der Waals surface area contributed by atoms with E-state index in [1.165, 1.54) is 16.7 Å². The van der Waals surface area contributed by atoms with E-state index in [4.69, 9.17) is 0 Å². The van der Waals surface area contributed by atoms with Gasteiger partial charge in [-0.1, -0.05) is 53.7 Å². The molecule has 0 aliphatic heterocycles. The molecular formula is C27H26N4O3S. The van der Waals surface area contributed by atoms with Gasteiger partial charge >= 0.3 is 0 Å². The van der Waals surface area contributed by atoms with E-state index in [1.54, 1.807) is 55.1 Å². The second kappa shape index (κ2) is 10.6. The van der Waals surface area contributed by atoms with E-state index in [-0.39, 0.29) is 23.1 Å². The molecule has 0 fully saturated rings. The number of hydrogen-bond donors (Lipinski definition) is 1. The highest BCUT2D eigenvalue weighted by molar-refractivity contribution is 7.99. The summed E-state index contributed by atoms with van der Waals surface area (Å²) in [5, 5.41) is 3.86. The minimum absolute atomic E-state index is 0.0804. The van der Waals surface area contributed by atoms with Crippen LogP contribution >= 0.6 is 11.8 Å². The van der Waals surface area contributed by atoms with Crippen molar-refractivity contribution in [3.8, 4) is 0 Å². The molecule has 0 spiro atoms. The summed E-state index contributed by atoms with van der Waals surface area (Å²) in [6.45, 7) is 2.38. The predicted molar refractivity (Wildman–Crippen MR) is 140 cm³/mol. The van der Waals surface area contributed by atoms with Crippen LogP contribution in [-0.2, 0) is 11.3 Å². The molecule has 0 aliphatic rings. The number of nitrogens with zero attached hydrogens (tertiary/aromatic N) is 3. The molecule has 3 aromatic carbocycles. The lowest BCUT2D eigenvalue weighted by molar-refractivity contribution is -0.113. The third-order valence-corrected chi connectivity index (χ3v) is 6.42. The van der Waals surface area contributed by atoms with E-state index in [9.17, 15) is 14.4 Å². The first-order valence-corrected chi connectivity index (χ1v) is 12.1. The number of fused-ring (bicyclic) bond motifs is 1. The Balaban J connectivity index is 1.53. The molecular weight excluding hydrogens is 460 g/mol. The Bertz CT molecular complexity index is 1430. The molecule has 0 saturated carbocycles. The monoisotopic (exact) mass is 486 g/mol. The van der Waals surface area contributed by atoms with Crippen molar-refractivity contribution in [2.45, 2.75) is 18.6 Å². The van der Waals surface area contributed by atoms with E-state index >= 15 is 0 Å². The number of nitrogens with one attached hydrogen (secondary N) is 1. The van der Waals surface area contributed by atoms with Crippen LogP contribution in [0, 0.1) is 6.92 Å². The maximum Gasteiger partial charge on any atom is 0.262 e. The van der Waals surface area contributed by atoms with Crippen molar-refractivity contribution in [1.29, 1.82) is 0 Å². The highest BCUT2D eigenvalue weighted by Crippen LogP contribution is 2.20. The molecule has 0 aliphatic carbocycles. The van der Waals surface area contributed by atoms with Crippen LogP contribution in [0.5, 0.6) is 0 Å². The number of anilines is 1. The van der Waals surface area contributed by atoms with E-state index < -0.39 is 0 Å². The molecule has 2 amide bonds. The van der Waals surface area contributed by atoms with Gasteiger partial charge in [0.2, 0.25) is 5.91 Å². The fourth-order valence-electron chi connectivity index (χ4n) is 3.55. The molecule has 0 saturated heterocycles. The van der Waals surface area contributed by atoms with Gasteiger partial charge in [-0.15, -0.1) is 0 Å². The molecule has 4 aromatic rings. The smallest absolute Gasteiger partial charge is 0.262 e. The molecule has 0 radical (unpaired) electrons. The minimum atomic E-state index is -0.231. The summed E-state index contributed by atoms with van der Waals surface area (Å²) in [5.41, 5.74) is 3.72. The van der Waals surface area contributed by atoms with Crippen LogP contribution in [0.4, 0.5) is 5.69 Å². The largest absolute Gasteiger partial charge is 0.345 e. The van der Waals surface area contributed by atoms with Gasteiger partial charge in [-0.05, 0) is 48.9 Å². The number of thioether (sulfide) groups is 1. The van der Waals surface area contributed by atoms with Crippen molar-refractivity contribution in [1.82, 2.24) is 14.5 Å². The lowest BCUT2D eigenvalue weighted by atomic mass is 10.1. The van der Waals surface area contributed by atoms with E-state index in [2.05, 4.69) is 10.3 Å². The van der Waals surface area contributed by atoms with E-state index in [0.29, 0.717) is 33.9 Å². The van der Waals surface area contributed by atoms with Crippen molar-refractivity contribution < 1.29 is 9.59 Å². The Kier molecular flexibility index (Phi) is 7.31. The fourth-order valence-corrected chi connectivity index (χ4v) is 4.35. The number of benzene rings is 3. The number of hydrogen-bond acceptors (Lipinski definition) is 5. The number of para-hydroxylation sites is 1. The normalized spacial score (nSPS) is 10.8. The Hall–Kier alpha value is -3.91. The Morgan fingerprint density at radius 1 is 0.971 bits per heavy atom. The number of amides is 2. The molecule has 1 heterocycles.